The summed E-state index contributed by atoms with van der Waals surface area (Å²) in [4.78, 5) is 25.8. The molecule has 1 aliphatic rings. The van der Waals surface area contributed by atoms with Gasteiger partial charge < -0.3 is 9.73 Å². The summed E-state index contributed by atoms with van der Waals surface area (Å²) < 4.78 is 6.28. The average Bonchev–Trinajstić information content (AvgIpc) is 3.14. The van der Waals surface area contributed by atoms with Crippen molar-refractivity contribution in [1.29, 1.82) is 0 Å². The highest BCUT2D eigenvalue weighted by molar-refractivity contribution is 7.15. The number of nitrogens with one attached hydrogen (secondary N) is 1. The number of unbranched alkanes of at least 4 members (excludes halogenated alkanes) is 1. The standard InChI is InChI=1S/C15H19N3O3S/c1-2-3-7-16-13(19)9-18-15(20)21-14(17-18)12-8-10-5-4-6-11(10)22-12/h8H,2-7,9H2,1H3,(H,16,19). The molecule has 0 unspecified atom stereocenters. The number of fused-ring (bicyclic) bond motifs is 1. The molecule has 0 bridgehead atoms. The molecule has 0 spiro atoms. The summed E-state index contributed by atoms with van der Waals surface area (Å²) in [7, 11) is 0. The van der Waals surface area contributed by atoms with Gasteiger partial charge in [0.1, 0.15) is 6.54 Å². The highest BCUT2D eigenvalue weighted by atomic mass is 32.1. The largest absolute Gasteiger partial charge is 0.437 e. The molecule has 2 heterocycles. The number of carbonyl (C=O) groups is 1. The van der Waals surface area contributed by atoms with E-state index in [0.717, 1.165) is 35.2 Å². The molecule has 0 aromatic carbocycles. The van der Waals surface area contributed by atoms with Crippen LogP contribution in [0.1, 0.15) is 36.6 Å². The van der Waals surface area contributed by atoms with Gasteiger partial charge in [-0.15, -0.1) is 16.4 Å². The van der Waals surface area contributed by atoms with Crippen molar-refractivity contribution in [2.45, 2.75) is 45.6 Å². The summed E-state index contributed by atoms with van der Waals surface area (Å²) in [6.07, 6.45) is 5.29. The second-order valence-corrected chi connectivity index (χ2v) is 6.58. The van der Waals surface area contributed by atoms with Gasteiger partial charge in [-0.1, -0.05) is 13.3 Å². The number of amides is 1. The van der Waals surface area contributed by atoms with E-state index in [0.29, 0.717) is 12.4 Å². The molecule has 2 aromatic rings. The minimum Gasteiger partial charge on any atom is -0.387 e. The number of rotatable bonds is 6. The molecule has 0 atom stereocenters. The van der Waals surface area contributed by atoms with Crippen molar-refractivity contribution in [2.75, 3.05) is 6.54 Å². The van der Waals surface area contributed by atoms with Crippen LogP contribution >= 0.6 is 11.3 Å². The Morgan fingerprint density at radius 3 is 3.14 bits per heavy atom. The lowest BCUT2D eigenvalue weighted by Crippen LogP contribution is -2.32. The third kappa shape index (κ3) is 3.14. The van der Waals surface area contributed by atoms with Gasteiger partial charge in [0, 0.05) is 11.4 Å². The van der Waals surface area contributed by atoms with Crippen molar-refractivity contribution in [3.63, 3.8) is 0 Å². The molecule has 7 heteroatoms. The van der Waals surface area contributed by atoms with Gasteiger partial charge in [-0.05, 0) is 37.3 Å². The van der Waals surface area contributed by atoms with Gasteiger partial charge >= 0.3 is 5.76 Å². The molecule has 0 saturated carbocycles. The maximum absolute atomic E-state index is 11.8. The van der Waals surface area contributed by atoms with Crippen LogP contribution in [0.15, 0.2) is 15.3 Å². The fourth-order valence-corrected chi connectivity index (χ4v) is 3.71. The van der Waals surface area contributed by atoms with Gasteiger partial charge in [0.25, 0.3) is 5.89 Å². The van der Waals surface area contributed by atoms with E-state index >= 15 is 0 Å². The van der Waals surface area contributed by atoms with Crippen molar-refractivity contribution >= 4 is 17.2 Å². The Morgan fingerprint density at radius 2 is 2.36 bits per heavy atom. The van der Waals surface area contributed by atoms with Crippen molar-refractivity contribution in [3.8, 4) is 10.8 Å². The van der Waals surface area contributed by atoms with Crippen LogP contribution in [0.25, 0.3) is 10.8 Å². The zero-order valence-corrected chi connectivity index (χ0v) is 13.4. The average molecular weight is 321 g/mol. The van der Waals surface area contributed by atoms with E-state index < -0.39 is 5.76 Å². The van der Waals surface area contributed by atoms with Crippen molar-refractivity contribution in [3.05, 3.63) is 27.1 Å². The van der Waals surface area contributed by atoms with Crippen molar-refractivity contribution in [1.82, 2.24) is 15.1 Å². The fraction of sp³-hybridized carbons (Fsp3) is 0.533. The van der Waals surface area contributed by atoms with Crippen LogP contribution in [-0.2, 0) is 24.2 Å². The van der Waals surface area contributed by atoms with Gasteiger partial charge in [0.05, 0.1) is 4.88 Å². The summed E-state index contributed by atoms with van der Waals surface area (Å²) >= 11 is 1.62. The second kappa shape index (κ2) is 6.48. The second-order valence-electron chi connectivity index (χ2n) is 5.45. The van der Waals surface area contributed by atoms with E-state index in [-0.39, 0.29) is 12.5 Å². The third-order valence-corrected chi connectivity index (χ3v) is 4.93. The Labute approximate surface area is 132 Å². The minimum atomic E-state index is -0.589. The van der Waals surface area contributed by atoms with Crippen LogP contribution in [0, 0.1) is 0 Å². The van der Waals surface area contributed by atoms with Crippen LogP contribution in [-0.4, -0.2) is 22.2 Å². The SMILES string of the molecule is CCCCNC(=O)Cn1nc(-c2cc3c(s2)CCC3)oc1=O. The Balaban J connectivity index is 1.70. The Morgan fingerprint density at radius 1 is 1.50 bits per heavy atom. The topological polar surface area (TPSA) is 77.1 Å². The number of hydrogen-bond acceptors (Lipinski definition) is 5. The molecular weight excluding hydrogens is 302 g/mol. The van der Waals surface area contributed by atoms with E-state index in [4.69, 9.17) is 4.42 Å². The summed E-state index contributed by atoms with van der Waals surface area (Å²) in [6.45, 7) is 2.57. The van der Waals surface area contributed by atoms with E-state index in [1.54, 1.807) is 11.3 Å². The van der Waals surface area contributed by atoms with E-state index in [1.165, 1.54) is 16.9 Å². The number of thiophene rings is 1. The van der Waals surface area contributed by atoms with Crippen molar-refractivity contribution in [2.24, 2.45) is 0 Å². The van der Waals surface area contributed by atoms with Gasteiger partial charge in [-0.2, -0.15) is 4.68 Å². The smallest absolute Gasteiger partial charge is 0.387 e. The zero-order chi connectivity index (χ0) is 15.5. The Hall–Kier alpha value is -1.89. The normalized spacial score (nSPS) is 13.3. The maximum atomic E-state index is 11.8. The van der Waals surface area contributed by atoms with Crippen LogP contribution in [0.2, 0.25) is 0 Å². The van der Waals surface area contributed by atoms with Gasteiger partial charge in [-0.3, -0.25) is 4.79 Å². The predicted molar refractivity (Wildman–Crippen MR) is 84.0 cm³/mol. The molecule has 3 rings (SSSR count). The molecule has 118 valence electrons. The fourth-order valence-electron chi connectivity index (χ4n) is 2.54. The highest BCUT2D eigenvalue weighted by Crippen LogP contribution is 2.35. The van der Waals surface area contributed by atoms with Crippen LogP contribution in [0.3, 0.4) is 0 Å². The molecule has 2 aromatic heterocycles. The molecule has 0 radical (unpaired) electrons. The first kappa shape index (κ1) is 15.0. The molecule has 1 N–H and O–H groups in total. The summed E-state index contributed by atoms with van der Waals surface area (Å²) in [6, 6.07) is 2.05. The number of aromatic nitrogens is 2. The lowest BCUT2D eigenvalue weighted by atomic mass is 10.2. The minimum absolute atomic E-state index is 0.100. The number of aryl methyl sites for hydroxylation is 2. The molecule has 1 amide bonds. The molecule has 0 aliphatic heterocycles. The number of carbonyl (C=O) groups excluding carboxylic acids is 1. The third-order valence-electron chi connectivity index (χ3n) is 3.71. The predicted octanol–water partition coefficient (Wildman–Crippen LogP) is 1.97. The van der Waals surface area contributed by atoms with Crippen LogP contribution in [0.5, 0.6) is 0 Å². The van der Waals surface area contributed by atoms with Gasteiger partial charge in [0.2, 0.25) is 5.91 Å². The molecule has 6 nitrogen and oxygen atoms in total. The Kier molecular flexibility index (Phi) is 4.42. The molecular formula is C15H19N3O3S. The van der Waals surface area contributed by atoms with Gasteiger partial charge in [0.15, 0.2) is 0 Å². The molecule has 1 aliphatic carbocycles. The lowest BCUT2D eigenvalue weighted by molar-refractivity contribution is -0.121. The zero-order valence-electron chi connectivity index (χ0n) is 12.6. The van der Waals surface area contributed by atoms with E-state index in [1.807, 2.05) is 6.07 Å². The Bertz CT molecular complexity index is 707. The van der Waals surface area contributed by atoms with Gasteiger partial charge in [-0.25, -0.2) is 4.79 Å². The first-order chi connectivity index (χ1) is 10.7. The monoisotopic (exact) mass is 321 g/mol. The van der Waals surface area contributed by atoms with E-state index in [2.05, 4.69) is 17.3 Å². The van der Waals surface area contributed by atoms with E-state index in [9.17, 15) is 9.59 Å². The first-order valence-electron chi connectivity index (χ1n) is 7.64. The molecule has 0 fully saturated rings. The van der Waals surface area contributed by atoms with Crippen molar-refractivity contribution < 1.29 is 9.21 Å². The maximum Gasteiger partial charge on any atom is 0.437 e. The summed E-state index contributed by atoms with van der Waals surface area (Å²) in [5, 5.41) is 6.91. The molecule has 0 saturated heterocycles. The number of hydrogen-bond donors (Lipinski definition) is 1. The van der Waals surface area contributed by atoms with Crippen LogP contribution < -0.4 is 11.1 Å². The summed E-state index contributed by atoms with van der Waals surface area (Å²) in [5.74, 6) is -0.496. The highest BCUT2D eigenvalue weighted by Gasteiger charge is 2.20. The van der Waals surface area contributed by atoms with Crippen LogP contribution in [0.4, 0.5) is 0 Å². The quantitative estimate of drug-likeness (QED) is 0.825. The first-order valence-corrected chi connectivity index (χ1v) is 8.45. The lowest BCUT2D eigenvalue weighted by Gasteiger charge is -2.02. The summed E-state index contributed by atoms with van der Waals surface area (Å²) in [5.41, 5.74) is 1.33. The molecule has 22 heavy (non-hydrogen) atoms. The number of nitrogens with zero attached hydrogens (tertiary/aromatic N) is 2.